The van der Waals surface area contributed by atoms with Crippen molar-refractivity contribution in [3.05, 3.63) is 40.0 Å². The normalized spacial score (nSPS) is 20.0. The van der Waals surface area contributed by atoms with Crippen molar-refractivity contribution in [2.24, 2.45) is 0 Å². The molecule has 0 radical (unpaired) electrons. The van der Waals surface area contributed by atoms with Crippen molar-refractivity contribution in [3.63, 3.8) is 0 Å². The van der Waals surface area contributed by atoms with Gasteiger partial charge in [-0.1, -0.05) is 6.07 Å². The molecule has 1 fully saturated rings. The number of aryl methyl sites for hydroxylation is 2. The van der Waals surface area contributed by atoms with Crippen LogP contribution in [0, 0.1) is 13.8 Å². The summed E-state index contributed by atoms with van der Waals surface area (Å²) in [5, 5.41) is 12.4. The predicted molar refractivity (Wildman–Crippen MR) is 85.8 cm³/mol. The SMILES string of the molecule is Cc1cc(N2CCC[C@@H]2C[C@@H](O)c2cccs2)nc(C)n1. The Morgan fingerprint density at radius 3 is 3.00 bits per heavy atom. The van der Waals surface area contributed by atoms with E-state index in [4.69, 9.17) is 0 Å². The highest BCUT2D eigenvalue weighted by Gasteiger charge is 2.28. The molecule has 1 N–H and O–H groups in total. The van der Waals surface area contributed by atoms with Crippen LogP contribution < -0.4 is 4.90 Å². The van der Waals surface area contributed by atoms with Crippen LogP contribution in [0.2, 0.25) is 0 Å². The van der Waals surface area contributed by atoms with Gasteiger partial charge in [-0.2, -0.15) is 0 Å². The van der Waals surface area contributed by atoms with Crippen LogP contribution in [0.1, 0.15) is 41.8 Å². The third kappa shape index (κ3) is 3.24. The molecular weight excluding hydrogens is 282 g/mol. The van der Waals surface area contributed by atoms with Crippen LogP contribution in [0.5, 0.6) is 0 Å². The first-order valence-electron chi connectivity index (χ1n) is 7.44. The van der Waals surface area contributed by atoms with Crippen molar-refractivity contribution >= 4 is 17.2 Å². The van der Waals surface area contributed by atoms with E-state index < -0.39 is 0 Å². The minimum absolute atomic E-state index is 0.357. The Kier molecular flexibility index (Phi) is 4.22. The van der Waals surface area contributed by atoms with Gasteiger partial charge < -0.3 is 10.0 Å². The van der Waals surface area contributed by atoms with Crippen LogP contribution in [-0.2, 0) is 0 Å². The Balaban J connectivity index is 1.76. The zero-order valence-electron chi connectivity index (χ0n) is 12.5. The van der Waals surface area contributed by atoms with Crippen LogP contribution >= 0.6 is 11.3 Å². The minimum Gasteiger partial charge on any atom is -0.387 e. The highest BCUT2D eigenvalue weighted by molar-refractivity contribution is 7.10. The van der Waals surface area contributed by atoms with Crippen LogP contribution in [-0.4, -0.2) is 27.7 Å². The maximum atomic E-state index is 10.4. The highest BCUT2D eigenvalue weighted by Crippen LogP contribution is 2.32. The lowest BCUT2D eigenvalue weighted by Crippen LogP contribution is -2.31. The molecule has 0 bridgehead atoms. The molecule has 1 aliphatic rings. The van der Waals surface area contributed by atoms with Gasteiger partial charge in [0.1, 0.15) is 11.6 Å². The second-order valence-corrected chi connectivity index (χ2v) is 6.65. The Morgan fingerprint density at radius 2 is 2.29 bits per heavy atom. The third-order valence-corrected chi connectivity index (χ3v) is 4.96. The number of aliphatic hydroxyl groups is 1. The second-order valence-electron chi connectivity index (χ2n) is 5.67. The second kappa shape index (κ2) is 6.12. The molecule has 0 amide bonds. The number of hydrogen-bond acceptors (Lipinski definition) is 5. The predicted octanol–water partition coefficient (Wildman–Crippen LogP) is 3.25. The van der Waals surface area contributed by atoms with E-state index in [1.807, 2.05) is 37.4 Å². The molecular formula is C16H21N3OS. The number of anilines is 1. The zero-order chi connectivity index (χ0) is 14.8. The standard InChI is InChI=1S/C16H21N3OS/c1-11-9-16(18-12(2)17-11)19-7-3-5-13(19)10-14(20)15-6-4-8-21-15/h4,6,8-9,13-14,20H,3,5,7,10H2,1-2H3/t13-,14-/m1/s1. The van der Waals surface area contributed by atoms with Gasteiger partial charge in [0.2, 0.25) is 0 Å². The maximum Gasteiger partial charge on any atom is 0.132 e. The van der Waals surface area contributed by atoms with Crippen molar-refractivity contribution in [1.82, 2.24) is 9.97 Å². The lowest BCUT2D eigenvalue weighted by Gasteiger charge is -2.27. The Bertz CT molecular complexity index is 579. The van der Waals surface area contributed by atoms with Crippen LogP contribution in [0.25, 0.3) is 0 Å². The summed E-state index contributed by atoms with van der Waals surface area (Å²) in [7, 11) is 0. The fourth-order valence-corrected chi connectivity index (χ4v) is 3.81. The number of hydrogen-bond donors (Lipinski definition) is 1. The summed E-state index contributed by atoms with van der Waals surface area (Å²) < 4.78 is 0. The van der Waals surface area contributed by atoms with Crippen molar-refractivity contribution in [1.29, 1.82) is 0 Å². The summed E-state index contributed by atoms with van der Waals surface area (Å²) in [6, 6.07) is 6.40. The summed E-state index contributed by atoms with van der Waals surface area (Å²) in [6.07, 6.45) is 2.66. The molecule has 1 saturated heterocycles. The Labute approximate surface area is 129 Å². The van der Waals surface area contributed by atoms with Crippen molar-refractivity contribution in [3.8, 4) is 0 Å². The smallest absolute Gasteiger partial charge is 0.132 e. The first-order valence-corrected chi connectivity index (χ1v) is 8.32. The Morgan fingerprint density at radius 1 is 1.43 bits per heavy atom. The topological polar surface area (TPSA) is 49.2 Å². The molecule has 2 aromatic heterocycles. The summed E-state index contributed by atoms with van der Waals surface area (Å²) in [4.78, 5) is 12.3. The number of rotatable bonds is 4. The van der Waals surface area contributed by atoms with Gasteiger partial charge in [-0.05, 0) is 44.6 Å². The summed E-state index contributed by atoms with van der Waals surface area (Å²) in [5.74, 6) is 1.82. The molecule has 2 aromatic rings. The average molecular weight is 303 g/mol. The molecule has 0 unspecified atom stereocenters. The van der Waals surface area contributed by atoms with Crippen LogP contribution in [0.3, 0.4) is 0 Å². The zero-order valence-corrected chi connectivity index (χ0v) is 13.3. The van der Waals surface area contributed by atoms with Gasteiger partial charge in [0.05, 0.1) is 6.10 Å². The lowest BCUT2D eigenvalue weighted by atomic mass is 10.1. The monoisotopic (exact) mass is 303 g/mol. The third-order valence-electron chi connectivity index (χ3n) is 3.99. The quantitative estimate of drug-likeness (QED) is 0.942. The van der Waals surface area contributed by atoms with Gasteiger partial charge >= 0.3 is 0 Å². The van der Waals surface area contributed by atoms with Crippen molar-refractivity contribution in [2.75, 3.05) is 11.4 Å². The van der Waals surface area contributed by atoms with Crippen molar-refractivity contribution in [2.45, 2.75) is 45.3 Å². The molecule has 0 spiro atoms. The number of aliphatic hydroxyl groups excluding tert-OH is 1. The van der Waals surface area contributed by atoms with Crippen molar-refractivity contribution < 1.29 is 5.11 Å². The van der Waals surface area contributed by atoms with Crippen LogP contribution in [0.4, 0.5) is 5.82 Å². The molecule has 0 aliphatic carbocycles. The van der Waals surface area contributed by atoms with E-state index in [-0.39, 0.29) is 6.10 Å². The van der Waals surface area contributed by atoms with E-state index in [0.29, 0.717) is 6.04 Å². The molecule has 112 valence electrons. The minimum atomic E-state index is -0.375. The molecule has 0 saturated carbocycles. The number of thiophene rings is 1. The van der Waals surface area contributed by atoms with Gasteiger partial charge in [-0.15, -0.1) is 11.3 Å². The van der Waals surface area contributed by atoms with E-state index in [1.54, 1.807) is 11.3 Å². The highest BCUT2D eigenvalue weighted by atomic mass is 32.1. The lowest BCUT2D eigenvalue weighted by molar-refractivity contribution is 0.161. The van der Waals surface area contributed by atoms with Gasteiger partial charge in [-0.3, -0.25) is 0 Å². The van der Waals surface area contributed by atoms with E-state index in [1.165, 1.54) is 0 Å². The summed E-state index contributed by atoms with van der Waals surface area (Å²) >= 11 is 1.62. The number of nitrogens with zero attached hydrogens (tertiary/aromatic N) is 3. The van der Waals surface area contributed by atoms with Gasteiger partial charge in [0.25, 0.3) is 0 Å². The molecule has 3 heterocycles. The Hall–Kier alpha value is -1.46. The van der Waals surface area contributed by atoms with Crippen LogP contribution in [0.15, 0.2) is 23.6 Å². The van der Waals surface area contributed by atoms with E-state index in [9.17, 15) is 5.11 Å². The average Bonchev–Trinajstić information content (AvgIpc) is 3.08. The molecule has 21 heavy (non-hydrogen) atoms. The fourth-order valence-electron chi connectivity index (χ4n) is 3.08. The molecule has 5 heteroatoms. The number of aromatic nitrogens is 2. The molecule has 3 rings (SSSR count). The van der Waals surface area contributed by atoms with E-state index >= 15 is 0 Å². The maximum absolute atomic E-state index is 10.4. The molecule has 2 atom stereocenters. The van der Waals surface area contributed by atoms with Gasteiger partial charge in [0, 0.05) is 29.2 Å². The van der Waals surface area contributed by atoms with E-state index in [2.05, 4.69) is 14.9 Å². The van der Waals surface area contributed by atoms with Gasteiger partial charge in [0.15, 0.2) is 0 Å². The fraction of sp³-hybridized carbons (Fsp3) is 0.500. The summed E-state index contributed by atoms with van der Waals surface area (Å²) in [6.45, 7) is 4.95. The summed E-state index contributed by atoms with van der Waals surface area (Å²) in [5.41, 5.74) is 1.00. The molecule has 1 aliphatic heterocycles. The first-order chi connectivity index (χ1) is 10.1. The molecule has 4 nitrogen and oxygen atoms in total. The largest absolute Gasteiger partial charge is 0.387 e. The first kappa shape index (κ1) is 14.5. The van der Waals surface area contributed by atoms with E-state index in [0.717, 1.165) is 48.0 Å². The molecule has 0 aromatic carbocycles. The van der Waals surface area contributed by atoms with Gasteiger partial charge in [-0.25, -0.2) is 9.97 Å².